The highest BCUT2D eigenvalue weighted by Gasteiger charge is 2.19. The Bertz CT molecular complexity index is 904. The van der Waals surface area contributed by atoms with E-state index in [1.54, 1.807) is 37.3 Å². The number of carbonyl (C=O) groups is 1. The Morgan fingerprint density at radius 3 is 2.19 bits per heavy atom. The van der Waals surface area contributed by atoms with Gasteiger partial charge in [0.2, 0.25) is 0 Å². The molecule has 104 valence electrons. The lowest BCUT2D eigenvalue weighted by molar-refractivity contribution is 0.0960. The molecular weight excluding hydrogens is 266 g/mol. The normalized spacial score (nSPS) is 10.7. The molecule has 0 saturated carbocycles. The third-order valence-electron chi connectivity index (χ3n) is 3.26. The number of aromatic nitrogens is 3. The van der Waals surface area contributed by atoms with E-state index in [9.17, 15) is 9.59 Å². The molecule has 0 spiro atoms. The van der Waals surface area contributed by atoms with Crippen LogP contribution in [-0.2, 0) is 0 Å². The fraction of sp³-hybridized carbons (Fsp3) is 0.0625. The van der Waals surface area contributed by atoms with Crippen molar-refractivity contribution in [3.05, 3.63) is 71.4 Å². The van der Waals surface area contributed by atoms with Gasteiger partial charge in [-0.2, -0.15) is 0 Å². The zero-order valence-corrected chi connectivity index (χ0v) is 11.5. The van der Waals surface area contributed by atoms with Crippen molar-refractivity contribution in [3.63, 3.8) is 0 Å². The van der Waals surface area contributed by atoms with Crippen LogP contribution in [0.1, 0.15) is 17.3 Å². The lowest BCUT2D eigenvalue weighted by Gasteiger charge is -2.01. The molecule has 0 aliphatic heterocycles. The molecule has 0 amide bonds. The maximum Gasteiger partial charge on any atom is 0.340 e. The molecule has 3 aromatic rings. The first-order valence-electron chi connectivity index (χ1n) is 6.44. The Hall–Kier alpha value is -2.95. The average molecular weight is 279 g/mol. The van der Waals surface area contributed by atoms with E-state index in [0.717, 1.165) is 0 Å². The van der Waals surface area contributed by atoms with Crippen LogP contribution in [0.25, 0.3) is 16.7 Å². The van der Waals surface area contributed by atoms with Gasteiger partial charge < -0.3 is 0 Å². The minimum Gasteiger partial charge on any atom is -0.268 e. The van der Waals surface area contributed by atoms with Crippen LogP contribution >= 0.6 is 0 Å². The molecule has 21 heavy (non-hydrogen) atoms. The Kier molecular flexibility index (Phi) is 3.02. The van der Waals surface area contributed by atoms with Crippen molar-refractivity contribution >= 4 is 22.6 Å². The second-order valence-corrected chi connectivity index (χ2v) is 4.72. The molecule has 0 fully saturated rings. The van der Waals surface area contributed by atoms with Gasteiger partial charge in [0.05, 0.1) is 11.0 Å². The van der Waals surface area contributed by atoms with Gasteiger partial charge in [0.1, 0.15) is 0 Å². The van der Waals surface area contributed by atoms with Crippen LogP contribution in [0.5, 0.6) is 0 Å². The summed E-state index contributed by atoms with van der Waals surface area (Å²) >= 11 is 0. The van der Waals surface area contributed by atoms with Crippen LogP contribution in [-0.4, -0.2) is 20.0 Å². The molecule has 0 atom stereocenters. The van der Waals surface area contributed by atoms with Gasteiger partial charge in [-0.3, -0.25) is 14.3 Å². The zero-order valence-electron chi connectivity index (χ0n) is 11.5. The van der Waals surface area contributed by atoms with E-state index in [4.69, 9.17) is 0 Å². The Morgan fingerprint density at radius 1 is 1.05 bits per heavy atom. The first-order valence-corrected chi connectivity index (χ1v) is 6.44. The minimum atomic E-state index is -0.412. The largest absolute Gasteiger partial charge is 0.340 e. The number of imidazole rings is 1. The number of nitrogens with zero attached hydrogens (tertiary/aromatic N) is 3. The summed E-state index contributed by atoms with van der Waals surface area (Å²) in [4.78, 5) is 29.1. The van der Waals surface area contributed by atoms with Gasteiger partial charge in [-0.15, -0.1) is 0 Å². The van der Waals surface area contributed by atoms with Crippen molar-refractivity contribution < 1.29 is 4.79 Å². The van der Waals surface area contributed by atoms with Gasteiger partial charge >= 0.3 is 5.69 Å². The standard InChI is InChI=1S/C16H13N3O2/c1-11(2)18-13-5-3-4-6-14(13)19(16(18)21)15(20)12-7-9-17-10-8-12/h3-10H,1H2,2H3. The molecule has 0 bridgehead atoms. The predicted molar refractivity (Wildman–Crippen MR) is 81.2 cm³/mol. The first-order chi connectivity index (χ1) is 10.1. The average Bonchev–Trinajstić information content (AvgIpc) is 2.79. The highest BCUT2D eigenvalue weighted by Crippen LogP contribution is 2.16. The van der Waals surface area contributed by atoms with Crippen molar-refractivity contribution in [2.45, 2.75) is 6.92 Å². The highest BCUT2D eigenvalue weighted by atomic mass is 16.2. The quantitative estimate of drug-likeness (QED) is 0.723. The van der Waals surface area contributed by atoms with Crippen LogP contribution in [0.4, 0.5) is 0 Å². The minimum absolute atomic E-state index is 0.376. The summed E-state index contributed by atoms with van der Waals surface area (Å²) in [6, 6.07) is 10.3. The Morgan fingerprint density at radius 2 is 1.62 bits per heavy atom. The number of carbonyl (C=O) groups excluding carboxylic acids is 1. The van der Waals surface area contributed by atoms with Crippen molar-refractivity contribution in [2.24, 2.45) is 0 Å². The van der Waals surface area contributed by atoms with Crippen LogP contribution in [0, 0.1) is 0 Å². The number of hydrogen-bond donors (Lipinski definition) is 0. The monoisotopic (exact) mass is 279 g/mol. The van der Waals surface area contributed by atoms with E-state index in [-0.39, 0.29) is 5.91 Å². The fourth-order valence-electron chi connectivity index (χ4n) is 2.34. The van der Waals surface area contributed by atoms with Gasteiger partial charge in [0.15, 0.2) is 0 Å². The van der Waals surface area contributed by atoms with Gasteiger partial charge in [0, 0.05) is 23.7 Å². The molecule has 0 radical (unpaired) electrons. The molecule has 3 rings (SSSR count). The number of hydrogen-bond acceptors (Lipinski definition) is 3. The molecule has 2 aromatic heterocycles. The Balaban J connectivity index is 2.34. The summed E-state index contributed by atoms with van der Waals surface area (Å²) in [6.45, 7) is 5.54. The van der Waals surface area contributed by atoms with E-state index >= 15 is 0 Å². The summed E-state index contributed by atoms with van der Waals surface area (Å²) in [5.74, 6) is -0.376. The summed E-state index contributed by atoms with van der Waals surface area (Å²) in [5.41, 5.74) is 1.80. The van der Waals surface area contributed by atoms with E-state index in [0.29, 0.717) is 22.3 Å². The molecule has 0 aliphatic carbocycles. The first kappa shape index (κ1) is 13.1. The lowest BCUT2D eigenvalue weighted by atomic mass is 10.2. The summed E-state index contributed by atoms with van der Waals surface area (Å²) in [6.07, 6.45) is 3.05. The SMILES string of the molecule is C=C(C)n1c(=O)n(C(=O)c2ccncc2)c2ccccc21. The second kappa shape index (κ2) is 4.86. The Labute approximate surface area is 120 Å². The van der Waals surface area contributed by atoms with Gasteiger partial charge in [-0.05, 0) is 31.2 Å². The molecule has 5 heteroatoms. The van der Waals surface area contributed by atoms with Crippen molar-refractivity contribution in [3.8, 4) is 0 Å². The third kappa shape index (κ3) is 1.99. The third-order valence-corrected chi connectivity index (χ3v) is 3.26. The van der Waals surface area contributed by atoms with Crippen molar-refractivity contribution in [2.75, 3.05) is 0 Å². The molecule has 5 nitrogen and oxygen atoms in total. The topological polar surface area (TPSA) is 56.9 Å². The number of rotatable bonds is 2. The second-order valence-electron chi connectivity index (χ2n) is 4.72. The number of fused-ring (bicyclic) bond motifs is 1. The van der Waals surface area contributed by atoms with E-state index in [1.165, 1.54) is 21.5 Å². The summed E-state index contributed by atoms with van der Waals surface area (Å²) in [5, 5.41) is 0. The number of para-hydroxylation sites is 2. The molecule has 0 aliphatic rings. The van der Waals surface area contributed by atoms with E-state index in [2.05, 4.69) is 11.6 Å². The lowest BCUT2D eigenvalue weighted by Crippen LogP contribution is -2.28. The smallest absolute Gasteiger partial charge is 0.268 e. The maximum atomic E-state index is 12.6. The molecule has 0 N–H and O–H groups in total. The van der Waals surface area contributed by atoms with Gasteiger partial charge in [-0.1, -0.05) is 18.7 Å². The number of benzene rings is 1. The number of pyridine rings is 1. The molecule has 1 aromatic carbocycles. The summed E-state index contributed by atoms with van der Waals surface area (Å²) in [7, 11) is 0. The highest BCUT2D eigenvalue weighted by molar-refractivity contribution is 6.01. The summed E-state index contributed by atoms with van der Waals surface area (Å²) < 4.78 is 2.60. The van der Waals surface area contributed by atoms with Crippen LogP contribution < -0.4 is 5.69 Å². The fourth-order valence-corrected chi connectivity index (χ4v) is 2.34. The van der Waals surface area contributed by atoms with Gasteiger partial charge in [0.25, 0.3) is 5.91 Å². The molecular formula is C16H13N3O2. The van der Waals surface area contributed by atoms with Gasteiger partial charge in [-0.25, -0.2) is 9.36 Å². The van der Waals surface area contributed by atoms with E-state index in [1.807, 2.05) is 6.07 Å². The van der Waals surface area contributed by atoms with Crippen LogP contribution in [0.2, 0.25) is 0 Å². The molecule has 2 heterocycles. The predicted octanol–water partition coefficient (Wildman–Crippen LogP) is 2.38. The van der Waals surface area contributed by atoms with Crippen LogP contribution in [0.3, 0.4) is 0 Å². The van der Waals surface area contributed by atoms with Crippen molar-refractivity contribution in [1.82, 2.24) is 14.1 Å². The maximum absolute atomic E-state index is 12.6. The van der Waals surface area contributed by atoms with Crippen LogP contribution in [0.15, 0.2) is 60.2 Å². The zero-order chi connectivity index (χ0) is 15.0. The van der Waals surface area contributed by atoms with Crippen molar-refractivity contribution in [1.29, 1.82) is 0 Å². The molecule has 0 saturated heterocycles. The molecule has 0 unspecified atom stereocenters. The number of allylic oxidation sites excluding steroid dienone is 1. The van der Waals surface area contributed by atoms with E-state index < -0.39 is 5.69 Å².